The van der Waals surface area contributed by atoms with Crippen molar-refractivity contribution in [3.8, 4) is 0 Å². The topological polar surface area (TPSA) is 58.3 Å². The van der Waals surface area contributed by atoms with E-state index < -0.39 is 0 Å². The summed E-state index contributed by atoms with van der Waals surface area (Å²) in [5.41, 5.74) is 6.05. The predicted octanol–water partition coefficient (Wildman–Crippen LogP) is 1.17. The molecule has 0 saturated heterocycles. The van der Waals surface area contributed by atoms with Crippen LogP contribution in [0, 0.1) is 5.82 Å². The van der Waals surface area contributed by atoms with Gasteiger partial charge in [0.05, 0.1) is 6.61 Å². The van der Waals surface area contributed by atoms with Gasteiger partial charge in [-0.25, -0.2) is 4.39 Å². The fourth-order valence-electron chi connectivity index (χ4n) is 1.34. The fourth-order valence-corrected chi connectivity index (χ4v) is 1.72. The molecule has 0 spiro atoms. The highest BCUT2D eigenvalue weighted by atomic mass is 79.9. The summed E-state index contributed by atoms with van der Waals surface area (Å²) in [5, 5.41) is 11.6. The predicted molar refractivity (Wildman–Crippen MR) is 61.0 cm³/mol. The summed E-state index contributed by atoms with van der Waals surface area (Å²) in [7, 11) is 0. The Morgan fingerprint density at radius 2 is 2.27 bits per heavy atom. The van der Waals surface area contributed by atoms with Crippen molar-refractivity contribution >= 4 is 15.9 Å². The molecule has 1 aromatic rings. The maximum atomic E-state index is 13.5. The smallest absolute Gasteiger partial charge is 0.128 e. The Bertz CT molecular complexity index is 322. The van der Waals surface area contributed by atoms with Gasteiger partial charge < -0.3 is 16.2 Å². The molecular weight excluding hydrogens is 263 g/mol. The van der Waals surface area contributed by atoms with Crippen molar-refractivity contribution in [2.45, 2.75) is 6.04 Å². The molecule has 0 saturated carbocycles. The van der Waals surface area contributed by atoms with E-state index in [2.05, 4.69) is 21.2 Å². The molecule has 84 valence electrons. The third kappa shape index (κ3) is 3.53. The van der Waals surface area contributed by atoms with Crippen molar-refractivity contribution in [2.24, 2.45) is 5.73 Å². The summed E-state index contributed by atoms with van der Waals surface area (Å²) >= 11 is 3.28. The van der Waals surface area contributed by atoms with Crippen molar-refractivity contribution in [3.63, 3.8) is 0 Å². The first-order valence-electron chi connectivity index (χ1n) is 4.68. The van der Waals surface area contributed by atoms with Gasteiger partial charge in [-0.2, -0.15) is 0 Å². The quantitative estimate of drug-likeness (QED) is 0.757. The molecule has 15 heavy (non-hydrogen) atoms. The van der Waals surface area contributed by atoms with Gasteiger partial charge in [0.1, 0.15) is 5.82 Å². The molecule has 4 N–H and O–H groups in total. The highest BCUT2D eigenvalue weighted by Gasteiger charge is 2.13. The summed E-state index contributed by atoms with van der Waals surface area (Å²) in [5.74, 6) is -0.293. The lowest BCUT2D eigenvalue weighted by molar-refractivity contribution is 0.284. The molecule has 3 nitrogen and oxygen atoms in total. The van der Waals surface area contributed by atoms with Crippen molar-refractivity contribution in [1.82, 2.24) is 5.32 Å². The number of aliphatic hydroxyl groups excluding tert-OH is 1. The Kier molecular flexibility index (Phi) is 5.17. The highest BCUT2D eigenvalue weighted by Crippen LogP contribution is 2.21. The lowest BCUT2D eigenvalue weighted by atomic mass is 10.1. The van der Waals surface area contributed by atoms with Crippen LogP contribution in [0.1, 0.15) is 11.6 Å². The maximum absolute atomic E-state index is 13.5. The third-order valence-electron chi connectivity index (χ3n) is 2.07. The van der Waals surface area contributed by atoms with Crippen molar-refractivity contribution < 1.29 is 9.50 Å². The van der Waals surface area contributed by atoms with E-state index in [0.29, 0.717) is 12.1 Å². The Labute approximate surface area is 96.6 Å². The molecular formula is C10H14BrFN2O. The van der Waals surface area contributed by atoms with Gasteiger partial charge in [0.15, 0.2) is 0 Å². The van der Waals surface area contributed by atoms with Crippen molar-refractivity contribution in [2.75, 3.05) is 19.7 Å². The Balaban J connectivity index is 2.85. The molecule has 0 radical (unpaired) electrons. The van der Waals surface area contributed by atoms with Gasteiger partial charge in [0.2, 0.25) is 0 Å². The second kappa shape index (κ2) is 6.17. The van der Waals surface area contributed by atoms with E-state index in [1.807, 2.05) is 0 Å². The first-order chi connectivity index (χ1) is 7.19. The fraction of sp³-hybridized carbons (Fsp3) is 0.400. The Morgan fingerprint density at radius 3 is 2.87 bits per heavy atom. The summed E-state index contributed by atoms with van der Waals surface area (Å²) < 4.78 is 14.3. The minimum absolute atomic E-state index is 0.00607. The Morgan fingerprint density at radius 1 is 1.53 bits per heavy atom. The summed E-state index contributed by atoms with van der Waals surface area (Å²) in [6, 6.07) is 4.45. The Hall–Kier alpha value is -0.490. The zero-order valence-corrected chi connectivity index (χ0v) is 9.80. The molecule has 0 fully saturated rings. The van der Waals surface area contributed by atoms with Gasteiger partial charge in [0.25, 0.3) is 0 Å². The number of halogens is 2. The van der Waals surface area contributed by atoms with E-state index in [4.69, 9.17) is 10.8 Å². The number of benzene rings is 1. The van der Waals surface area contributed by atoms with Crippen LogP contribution in [0.25, 0.3) is 0 Å². The lowest BCUT2D eigenvalue weighted by Crippen LogP contribution is -2.31. The third-order valence-corrected chi connectivity index (χ3v) is 2.56. The SMILES string of the molecule is NCC(NCCO)c1cc(Br)ccc1F. The van der Waals surface area contributed by atoms with E-state index in [-0.39, 0.29) is 25.0 Å². The van der Waals surface area contributed by atoms with Gasteiger partial charge in [0, 0.05) is 29.2 Å². The van der Waals surface area contributed by atoms with Crippen LogP contribution in [0.3, 0.4) is 0 Å². The normalized spacial score (nSPS) is 12.8. The van der Waals surface area contributed by atoms with E-state index in [0.717, 1.165) is 4.47 Å². The summed E-state index contributed by atoms with van der Waals surface area (Å²) in [6.45, 7) is 0.688. The lowest BCUT2D eigenvalue weighted by Gasteiger charge is -2.17. The number of aliphatic hydroxyl groups is 1. The minimum atomic E-state index is -0.293. The van der Waals surface area contributed by atoms with Crippen molar-refractivity contribution in [1.29, 1.82) is 0 Å². The molecule has 1 aromatic carbocycles. The van der Waals surface area contributed by atoms with Crippen LogP contribution < -0.4 is 11.1 Å². The van der Waals surface area contributed by atoms with Gasteiger partial charge in [-0.1, -0.05) is 15.9 Å². The molecule has 0 aliphatic carbocycles. The van der Waals surface area contributed by atoms with Crippen LogP contribution in [-0.2, 0) is 0 Å². The number of nitrogens with two attached hydrogens (primary N) is 1. The first-order valence-corrected chi connectivity index (χ1v) is 5.47. The van der Waals surface area contributed by atoms with Crippen LogP contribution in [-0.4, -0.2) is 24.8 Å². The summed E-state index contributed by atoms with van der Waals surface area (Å²) in [4.78, 5) is 0. The molecule has 0 aliphatic rings. The maximum Gasteiger partial charge on any atom is 0.128 e. The van der Waals surface area contributed by atoms with Gasteiger partial charge in [-0.15, -0.1) is 0 Å². The van der Waals surface area contributed by atoms with Gasteiger partial charge >= 0.3 is 0 Å². The standard InChI is InChI=1S/C10H14BrFN2O/c11-7-1-2-9(12)8(5-7)10(6-13)14-3-4-15/h1-2,5,10,14-15H,3-4,6,13H2. The largest absolute Gasteiger partial charge is 0.395 e. The average molecular weight is 277 g/mol. The van der Waals surface area contributed by atoms with E-state index in [1.54, 1.807) is 12.1 Å². The molecule has 0 aromatic heterocycles. The van der Waals surface area contributed by atoms with Crippen LogP contribution >= 0.6 is 15.9 Å². The molecule has 0 bridgehead atoms. The molecule has 1 rings (SSSR count). The monoisotopic (exact) mass is 276 g/mol. The number of hydrogen-bond acceptors (Lipinski definition) is 3. The van der Waals surface area contributed by atoms with Crippen LogP contribution in [0.4, 0.5) is 4.39 Å². The molecule has 1 unspecified atom stereocenters. The number of hydrogen-bond donors (Lipinski definition) is 3. The molecule has 0 amide bonds. The highest BCUT2D eigenvalue weighted by molar-refractivity contribution is 9.10. The van der Waals surface area contributed by atoms with E-state index >= 15 is 0 Å². The van der Waals surface area contributed by atoms with E-state index in [1.165, 1.54) is 6.07 Å². The van der Waals surface area contributed by atoms with Crippen LogP contribution in [0.5, 0.6) is 0 Å². The molecule has 0 aliphatic heterocycles. The molecule has 1 atom stereocenters. The van der Waals surface area contributed by atoms with Gasteiger partial charge in [-0.3, -0.25) is 0 Å². The second-order valence-corrected chi connectivity index (χ2v) is 4.05. The first kappa shape index (κ1) is 12.6. The molecule has 0 heterocycles. The van der Waals surface area contributed by atoms with E-state index in [9.17, 15) is 4.39 Å². The zero-order chi connectivity index (χ0) is 11.3. The van der Waals surface area contributed by atoms with Crippen LogP contribution in [0.2, 0.25) is 0 Å². The van der Waals surface area contributed by atoms with Crippen LogP contribution in [0.15, 0.2) is 22.7 Å². The number of rotatable bonds is 5. The average Bonchev–Trinajstić information content (AvgIpc) is 2.24. The molecule has 5 heteroatoms. The second-order valence-electron chi connectivity index (χ2n) is 3.13. The number of nitrogens with one attached hydrogen (secondary N) is 1. The van der Waals surface area contributed by atoms with Gasteiger partial charge in [-0.05, 0) is 18.2 Å². The minimum Gasteiger partial charge on any atom is -0.395 e. The summed E-state index contributed by atoms with van der Waals surface area (Å²) in [6.07, 6.45) is 0. The van der Waals surface area contributed by atoms with Crippen molar-refractivity contribution in [3.05, 3.63) is 34.1 Å². The zero-order valence-electron chi connectivity index (χ0n) is 8.21.